The van der Waals surface area contributed by atoms with Crippen LogP contribution in [-0.2, 0) is 20.4 Å². The molecule has 2 amide bonds. The van der Waals surface area contributed by atoms with E-state index in [1.54, 1.807) is 20.8 Å². The van der Waals surface area contributed by atoms with Crippen molar-refractivity contribution < 1.29 is 41.4 Å². The van der Waals surface area contributed by atoms with Gasteiger partial charge in [-0.05, 0) is 51.0 Å². The molecule has 7 nitrogen and oxygen atoms in total. The van der Waals surface area contributed by atoms with Crippen molar-refractivity contribution in [1.29, 1.82) is 0 Å². The molecule has 0 N–H and O–H groups in total. The van der Waals surface area contributed by atoms with E-state index in [2.05, 4.69) is 0 Å². The lowest BCUT2D eigenvalue weighted by Gasteiger charge is -2.46. The Bertz CT molecular complexity index is 1190. The quantitative estimate of drug-likeness (QED) is 0.513. The number of fused-ring (bicyclic) bond motifs is 1. The summed E-state index contributed by atoms with van der Waals surface area (Å²) in [5.74, 6) is -1.11. The van der Waals surface area contributed by atoms with Crippen molar-refractivity contribution in [2.24, 2.45) is 0 Å². The zero-order chi connectivity index (χ0) is 27.1. The minimum atomic E-state index is -4.58. The van der Waals surface area contributed by atoms with E-state index >= 15 is 4.39 Å². The number of anilines is 1. The van der Waals surface area contributed by atoms with E-state index in [-0.39, 0.29) is 42.3 Å². The summed E-state index contributed by atoms with van der Waals surface area (Å²) in [5.41, 5.74) is -1.51. The van der Waals surface area contributed by atoms with Crippen molar-refractivity contribution in [3.8, 4) is 16.9 Å². The predicted molar refractivity (Wildman–Crippen MR) is 127 cm³/mol. The topological polar surface area (TPSA) is 68.3 Å². The SMILES string of the molecule is COc1cc(-c2cccc(C(F)(F)F)c2)c(F)cc1N1C(=O)COC2CN(C(=O)OC(C)(C)C)CCC21. The van der Waals surface area contributed by atoms with E-state index in [0.29, 0.717) is 6.42 Å². The number of piperidine rings is 1. The van der Waals surface area contributed by atoms with Crippen LogP contribution in [0.5, 0.6) is 5.75 Å². The fourth-order valence-electron chi connectivity index (χ4n) is 4.58. The minimum Gasteiger partial charge on any atom is -0.495 e. The molecule has 200 valence electrons. The van der Waals surface area contributed by atoms with Crippen LogP contribution >= 0.6 is 0 Å². The number of amides is 2. The van der Waals surface area contributed by atoms with Gasteiger partial charge in [-0.1, -0.05) is 12.1 Å². The molecule has 2 aliphatic heterocycles. The second kappa shape index (κ2) is 9.85. The van der Waals surface area contributed by atoms with Crippen molar-refractivity contribution in [3.05, 3.63) is 47.8 Å². The molecule has 2 saturated heterocycles. The number of likely N-dealkylation sites (tertiary alicyclic amines) is 1. The molecule has 2 fully saturated rings. The first-order valence-electron chi connectivity index (χ1n) is 11.8. The van der Waals surface area contributed by atoms with Gasteiger partial charge in [0, 0.05) is 18.2 Å². The van der Waals surface area contributed by atoms with E-state index in [9.17, 15) is 22.8 Å². The number of ether oxygens (including phenoxy) is 3. The third-order valence-electron chi connectivity index (χ3n) is 6.23. The lowest BCUT2D eigenvalue weighted by molar-refractivity contribution is -0.137. The predicted octanol–water partition coefficient (Wildman–Crippen LogP) is 5.26. The molecule has 0 aliphatic carbocycles. The third-order valence-corrected chi connectivity index (χ3v) is 6.23. The zero-order valence-corrected chi connectivity index (χ0v) is 20.9. The van der Waals surface area contributed by atoms with E-state index in [4.69, 9.17) is 14.2 Å². The molecule has 37 heavy (non-hydrogen) atoms. The largest absolute Gasteiger partial charge is 0.495 e. The van der Waals surface area contributed by atoms with E-state index in [1.807, 2.05) is 0 Å². The highest BCUT2D eigenvalue weighted by Crippen LogP contribution is 2.40. The van der Waals surface area contributed by atoms with Gasteiger partial charge < -0.3 is 24.0 Å². The molecular weight excluding hydrogens is 496 g/mol. The summed E-state index contributed by atoms with van der Waals surface area (Å²) in [6, 6.07) is 6.21. The molecule has 2 atom stereocenters. The number of nitrogens with zero attached hydrogens (tertiary/aromatic N) is 2. The first-order valence-corrected chi connectivity index (χ1v) is 11.8. The Morgan fingerprint density at radius 3 is 2.51 bits per heavy atom. The summed E-state index contributed by atoms with van der Waals surface area (Å²) >= 11 is 0. The number of hydrogen-bond acceptors (Lipinski definition) is 5. The third kappa shape index (κ3) is 5.66. The highest BCUT2D eigenvalue weighted by Gasteiger charge is 2.44. The van der Waals surface area contributed by atoms with Crippen LogP contribution in [0.2, 0.25) is 0 Å². The van der Waals surface area contributed by atoms with Gasteiger partial charge in [0.1, 0.15) is 23.8 Å². The van der Waals surface area contributed by atoms with Crippen LogP contribution in [0.15, 0.2) is 36.4 Å². The lowest BCUT2D eigenvalue weighted by Crippen LogP contribution is -2.62. The van der Waals surface area contributed by atoms with Crippen molar-refractivity contribution in [1.82, 2.24) is 4.90 Å². The second-order valence-electron chi connectivity index (χ2n) is 9.98. The maximum absolute atomic E-state index is 15.3. The van der Waals surface area contributed by atoms with Crippen LogP contribution in [0, 0.1) is 5.82 Å². The van der Waals surface area contributed by atoms with Crippen molar-refractivity contribution in [3.63, 3.8) is 0 Å². The molecule has 0 bridgehead atoms. The fourth-order valence-corrected chi connectivity index (χ4v) is 4.58. The van der Waals surface area contributed by atoms with E-state index in [0.717, 1.165) is 18.2 Å². The van der Waals surface area contributed by atoms with Crippen LogP contribution in [0.4, 0.5) is 28.0 Å². The van der Waals surface area contributed by atoms with Gasteiger partial charge in [0.05, 0.1) is 37.1 Å². The Balaban J connectivity index is 1.64. The zero-order valence-electron chi connectivity index (χ0n) is 20.9. The summed E-state index contributed by atoms with van der Waals surface area (Å²) in [5, 5.41) is 0. The first-order chi connectivity index (χ1) is 17.3. The van der Waals surface area contributed by atoms with Crippen LogP contribution in [0.25, 0.3) is 11.1 Å². The molecule has 0 saturated carbocycles. The van der Waals surface area contributed by atoms with E-state index in [1.165, 1.54) is 35.1 Å². The normalized spacial score (nSPS) is 20.5. The maximum Gasteiger partial charge on any atom is 0.416 e. The van der Waals surface area contributed by atoms with Gasteiger partial charge in [0.25, 0.3) is 5.91 Å². The van der Waals surface area contributed by atoms with Crippen molar-refractivity contribution >= 4 is 17.7 Å². The highest BCUT2D eigenvalue weighted by atomic mass is 19.4. The number of morpholine rings is 1. The minimum absolute atomic E-state index is 0.0222. The van der Waals surface area contributed by atoms with Gasteiger partial charge in [0.2, 0.25) is 0 Å². The fraction of sp³-hybridized carbons (Fsp3) is 0.462. The number of methoxy groups -OCH3 is 1. The highest BCUT2D eigenvalue weighted by molar-refractivity contribution is 5.97. The Labute approximate surface area is 211 Å². The van der Waals surface area contributed by atoms with Crippen LogP contribution in [0.1, 0.15) is 32.8 Å². The van der Waals surface area contributed by atoms with Crippen molar-refractivity contribution in [2.75, 3.05) is 31.7 Å². The maximum atomic E-state index is 15.3. The molecule has 0 radical (unpaired) electrons. The van der Waals surface area contributed by atoms with E-state index < -0.39 is 47.3 Å². The van der Waals surface area contributed by atoms with Crippen molar-refractivity contribution in [2.45, 2.75) is 51.1 Å². The lowest BCUT2D eigenvalue weighted by atomic mass is 9.96. The Morgan fingerprint density at radius 2 is 1.86 bits per heavy atom. The molecule has 2 aromatic rings. The Hall–Kier alpha value is -3.34. The van der Waals surface area contributed by atoms with Gasteiger partial charge in [-0.3, -0.25) is 4.79 Å². The number of benzene rings is 2. The van der Waals surface area contributed by atoms with Crippen LogP contribution in [0.3, 0.4) is 0 Å². The van der Waals surface area contributed by atoms with Gasteiger partial charge >= 0.3 is 12.3 Å². The van der Waals surface area contributed by atoms with Gasteiger partial charge in [-0.2, -0.15) is 13.2 Å². The number of carbonyl (C=O) groups is 2. The number of halogens is 4. The smallest absolute Gasteiger partial charge is 0.416 e. The van der Waals surface area contributed by atoms with Gasteiger partial charge in [-0.15, -0.1) is 0 Å². The van der Waals surface area contributed by atoms with Gasteiger partial charge in [0.15, 0.2) is 0 Å². The Kier molecular flexibility index (Phi) is 7.11. The molecule has 2 heterocycles. The number of rotatable bonds is 3. The summed E-state index contributed by atoms with van der Waals surface area (Å²) in [6.45, 7) is 5.47. The summed E-state index contributed by atoms with van der Waals surface area (Å²) in [6.07, 6.45) is -5.28. The first kappa shape index (κ1) is 26.7. The average molecular weight is 525 g/mol. The summed E-state index contributed by atoms with van der Waals surface area (Å²) < 4.78 is 71.5. The number of alkyl halides is 3. The Morgan fingerprint density at radius 1 is 1.14 bits per heavy atom. The van der Waals surface area contributed by atoms with Crippen LogP contribution < -0.4 is 9.64 Å². The molecular formula is C26H28F4N2O5. The average Bonchev–Trinajstić information content (AvgIpc) is 2.82. The summed E-state index contributed by atoms with van der Waals surface area (Å²) in [7, 11) is 1.33. The molecule has 2 aliphatic rings. The molecule has 2 unspecified atom stereocenters. The summed E-state index contributed by atoms with van der Waals surface area (Å²) in [4.78, 5) is 28.4. The second-order valence-corrected chi connectivity index (χ2v) is 9.98. The molecule has 2 aromatic carbocycles. The molecule has 11 heteroatoms. The number of hydrogen-bond donors (Lipinski definition) is 0. The number of carbonyl (C=O) groups excluding carboxylic acids is 2. The molecule has 0 spiro atoms. The standard InChI is InChI=1S/C26H28F4N2O5/c1-25(2,3)37-24(34)31-9-8-19-22(13-31)36-14-23(33)32(19)20-12-18(27)17(11-21(20)35-4)15-6-5-7-16(10-15)26(28,29)30/h5-7,10-12,19,22H,8-9,13-14H2,1-4H3. The molecule has 4 rings (SSSR count). The van der Waals surface area contributed by atoms with Gasteiger partial charge in [-0.25, -0.2) is 9.18 Å². The van der Waals surface area contributed by atoms with Crippen LogP contribution in [-0.4, -0.2) is 61.5 Å². The monoisotopic (exact) mass is 524 g/mol. The molecule has 0 aromatic heterocycles.